The van der Waals surface area contributed by atoms with Gasteiger partial charge in [-0.25, -0.2) is 9.48 Å². The van der Waals surface area contributed by atoms with Crippen LogP contribution in [0.2, 0.25) is 10.0 Å². The standard InChI is InChI=1S/C17H13Cl2N3O4/c1-25-13-4-2-10(3-5-13)9-22-16(15(17(23)24)20-21-22)26-14-7-11(18)6-12(19)8-14/h2-8H,9H2,1H3,(H,23,24). The second-order valence-corrected chi connectivity index (χ2v) is 6.13. The quantitative estimate of drug-likeness (QED) is 0.677. The molecule has 0 saturated carbocycles. The fourth-order valence-corrected chi connectivity index (χ4v) is 2.75. The van der Waals surface area contributed by atoms with Crippen molar-refractivity contribution >= 4 is 29.2 Å². The largest absolute Gasteiger partial charge is 0.497 e. The van der Waals surface area contributed by atoms with E-state index in [1.54, 1.807) is 25.3 Å². The highest BCUT2D eigenvalue weighted by Crippen LogP contribution is 2.30. The number of hydrogen-bond donors (Lipinski definition) is 1. The molecule has 0 atom stereocenters. The van der Waals surface area contributed by atoms with Crippen LogP contribution in [-0.4, -0.2) is 33.2 Å². The lowest BCUT2D eigenvalue weighted by atomic mass is 10.2. The fourth-order valence-electron chi connectivity index (χ4n) is 2.25. The number of nitrogens with zero attached hydrogens (tertiary/aromatic N) is 3. The van der Waals surface area contributed by atoms with Gasteiger partial charge in [0.05, 0.1) is 13.7 Å². The average Bonchev–Trinajstić information content (AvgIpc) is 2.97. The van der Waals surface area contributed by atoms with Crippen molar-refractivity contribution in [3.8, 4) is 17.4 Å². The molecular formula is C17H13Cl2N3O4. The Morgan fingerprint density at radius 2 is 1.77 bits per heavy atom. The summed E-state index contributed by atoms with van der Waals surface area (Å²) < 4.78 is 12.1. The van der Waals surface area contributed by atoms with Gasteiger partial charge in [-0.1, -0.05) is 40.5 Å². The normalized spacial score (nSPS) is 10.6. The molecule has 1 heterocycles. The van der Waals surface area contributed by atoms with Crippen LogP contribution in [0.4, 0.5) is 0 Å². The Morgan fingerprint density at radius 3 is 2.35 bits per heavy atom. The zero-order chi connectivity index (χ0) is 18.7. The number of aromatic nitrogens is 3. The highest BCUT2D eigenvalue weighted by Gasteiger charge is 2.22. The monoisotopic (exact) mass is 393 g/mol. The molecule has 3 aromatic rings. The molecule has 1 aromatic heterocycles. The molecule has 0 saturated heterocycles. The number of aromatic carboxylic acids is 1. The van der Waals surface area contributed by atoms with E-state index in [2.05, 4.69) is 10.3 Å². The second-order valence-electron chi connectivity index (χ2n) is 5.26. The summed E-state index contributed by atoms with van der Waals surface area (Å²) in [7, 11) is 1.58. The van der Waals surface area contributed by atoms with Crippen LogP contribution in [0.15, 0.2) is 42.5 Å². The Kier molecular flexibility index (Phi) is 5.29. The molecule has 0 unspecified atom stereocenters. The summed E-state index contributed by atoms with van der Waals surface area (Å²) in [4.78, 5) is 11.4. The maximum atomic E-state index is 11.4. The maximum Gasteiger partial charge on any atom is 0.362 e. The molecule has 0 aliphatic carbocycles. The summed E-state index contributed by atoms with van der Waals surface area (Å²) in [6.45, 7) is 0.258. The van der Waals surface area contributed by atoms with Gasteiger partial charge in [0.25, 0.3) is 5.88 Å². The summed E-state index contributed by atoms with van der Waals surface area (Å²) >= 11 is 11.9. The molecule has 0 spiro atoms. The van der Waals surface area contributed by atoms with Crippen molar-refractivity contribution < 1.29 is 19.4 Å². The molecule has 26 heavy (non-hydrogen) atoms. The van der Waals surface area contributed by atoms with Gasteiger partial charge in [0.15, 0.2) is 0 Å². The van der Waals surface area contributed by atoms with Crippen LogP contribution in [0.1, 0.15) is 16.1 Å². The molecule has 0 amide bonds. The van der Waals surface area contributed by atoms with E-state index in [1.807, 2.05) is 12.1 Å². The van der Waals surface area contributed by atoms with Gasteiger partial charge in [-0.2, -0.15) is 0 Å². The molecule has 3 rings (SSSR count). The third-order valence-electron chi connectivity index (χ3n) is 3.43. The van der Waals surface area contributed by atoms with Crippen molar-refractivity contribution in [2.45, 2.75) is 6.54 Å². The van der Waals surface area contributed by atoms with E-state index in [9.17, 15) is 9.90 Å². The summed E-state index contributed by atoms with van der Waals surface area (Å²) in [5.41, 5.74) is 0.552. The molecule has 1 N–H and O–H groups in total. The van der Waals surface area contributed by atoms with E-state index in [0.717, 1.165) is 5.56 Å². The molecule has 9 heteroatoms. The van der Waals surface area contributed by atoms with Crippen LogP contribution in [0.5, 0.6) is 17.4 Å². The molecular weight excluding hydrogens is 381 g/mol. The lowest BCUT2D eigenvalue weighted by Gasteiger charge is -2.10. The maximum absolute atomic E-state index is 11.4. The number of carboxylic acid groups (broad SMARTS) is 1. The molecule has 0 aliphatic rings. The Bertz CT molecular complexity index is 921. The first-order chi connectivity index (χ1) is 12.5. The topological polar surface area (TPSA) is 86.5 Å². The minimum atomic E-state index is -1.26. The number of halogens is 2. The van der Waals surface area contributed by atoms with E-state index >= 15 is 0 Å². The number of carboxylic acids is 1. The van der Waals surface area contributed by atoms with Gasteiger partial charge in [-0.3, -0.25) is 0 Å². The van der Waals surface area contributed by atoms with Gasteiger partial charge in [0.2, 0.25) is 5.69 Å². The van der Waals surface area contributed by atoms with Crippen LogP contribution in [0.25, 0.3) is 0 Å². The van der Waals surface area contributed by atoms with Crippen LogP contribution < -0.4 is 9.47 Å². The fraction of sp³-hybridized carbons (Fsp3) is 0.118. The highest BCUT2D eigenvalue weighted by atomic mass is 35.5. The van der Waals surface area contributed by atoms with Gasteiger partial charge >= 0.3 is 5.97 Å². The SMILES string of the molecule is COc1ccc(Cn2nnc(C(=O)O)c2Oc2cc(Cl)cc(Cl)c2)cc1. The minimum absolute atomic E-state index is 0.0216. The molecule has 0 fully saturated rings. The third kappa shape index (κ3) is 4.07. The predicted molar refractivity (Wildman–Crippen MR) is 95.6 cm³/mol. The lowest BCUT2D eigenvalue weighted by Crippen LogP contribution is -2.06. The molecule has 134 valence electrons. The summed E-state index contributed by atoms with van der Waals surface area (Å²) in [6, 6.07) is 11.8. The molecule has 0 radical (unpaired) electrons. The Labute approximate surface area is 158 Å². The molecule has 0 bridgehead atoms. The van der Waals surface area contributed by atoms with E-state index in [-0.39, 0.29) is 23.9 Å². The average molecular weight is 394 g/mol. The zero-order valence-electron chi connectivity index (χ0n) is 13.5. The number of ether oxygens (including phenoxy) is 2. The van der Waals surface area contributed by atoms with Crippen LogP contribution in [0.3, 0.4) is 0 Å². The first kappa shape index (κ1) is 18.0. The first-order valence-electron chi connectivity index (χ1n) is 7.40. The second kappa shape index (κ2) is 7.63. The summed E-state index contributed by atoms with van der Waals surface area (Å²) in [5, 5.41) is 17.6. The Balaban J connectivity index is 1.94. The van der Waals surface area contributed by atoms with Gasteiger partial charge in [0, 0.05) is 10.0 Å². The van der Waals surface area contributed by atoms with E-state index in [1.165, 1.54) is 16.8 Å². The van der Waals surface area contributed by atoms with Crippen LogP contribution in [-0.2, 0) is 6.54 Å². The smallest absolute Gasteiger partial charge is 0.362 e. The zero-order valence-corrected chi connectivity index (χ0v) is 15.0. The van der Waals surface area contributed by atoms with Gasteiger partial charge in [0.1, 0.15) is 11.5 Å². The van der Waals surface area contributed by atoms with E-state index in [4.69, 9.17) is 32.7 Å². The first-order valence-corrected chi connectivity index (χ1v) is 8.15. The number of hydrogen-bond acceptors (Lipinski definition) is 5. The predicted octanol–water partition coefficient (Wildman–Crippen LogP) is 4.13. The van der Waals surface area contributed by atoms with Crippen LogP contribution in [0, 0.1) is 0 Å². The Morgan fingerprint density at radius 1 is 1.12 bits per heavy atom. The summed E-state index contributed by atoms with van der Waals surface area (Å²) in [6.07, 6.45) is 0. The van der Waals surface area contributed by atoms with Crippen molar-refractivity contribution in [3.63, 3.8) is 0 Å². The van der Waals surface area contributed by atoms with E-state index in [0.29, 0.717) is 15.8 Å². The van der Waals surface area contributed by atoms with Crippen molar-refractivity contribution in [2.24, 2.45) is 0 Å². The number of benzene rings is 2. The number of rotatable bonds is 6. The highest BCUT2D eigenvalue weighted by molar-refractivity contribution is 6.34. The van der Waals surface area contributed by atoms with Gasteiger partial charge in [-0.05, 0) is 35.9 Å². The van der Waals surface area contributed by atoms with Gasteiger partial charge in [-0.15, -0.1) is 5.10 Å². The Hall–Kier alpha value is -2.77. The minimum Gasteiger partial charge on any atom is -0.497 e. The van der Waals surface area contributed by atoms with Crippen molar-refractivity contribution in [1.29, 1.82) is 0 Å². The van der Waals surface area contributed by atoms with Crippen molar-refractivity contribution in [2.75, 3.05) is 7.11 Å². The molecule has 2 aromatic carbocycles. The molecule has 7 nitrogen and oxygen atoms in total. The third-order valence-corrected chi connectivity index (χ3v) is 3.87. The molecule has 0 aliphatic heterocycles. The summed E-state index contributed by atoms with van der Waals surface area (Å²) in [5.74, 6) is -0.285. The number of methoxy groups -OCH3 is 1. The lowest BCUT2D eigenvalue weighted by molar-refractivity contribution is 0.0687. The van der Waals surface area contributed by atoms with Gasteiger partial charge < -0.3 is 14.6 Å². The van der Waals surface area contributed by atoms with Crippen molar-refractivity contribution in [3.05, 3.63) is 63.8 Å². The van der Waals surface area contributed by atoms with Crippen LogP contribution >= 0.6 is 23.2 Å². The van der Waals surface area contributed by atoms with Crippen molar-refractivity contribution in [1.82, 2.24) is 15.0 Å². The van der Waals surface area contributed by atoms with E-state index < -0.39 is 5.97 Å². The number of carbonyl (C=O) groups is 1.